The molecule has 0 saturated carbocycles. The van der Waals surface area contributed by atoms with Gasteiger partial charge in [-0.05, 0) is 19.1 Å². The summed E-state index contributed by atoms with van der Waals surface area (Å²) in [5.41, 5.74) is 0.545. The fraction of sp³-hybridized carbons (Fsp3) is 0.350. The minimum atomic E-state index is -0.529. The number of aromatic nitrogens is 4. The summed E-state index contributed by atoms with van der Waals surface area (Å²) in [4.78, 5) is 44.0. The van der Waals surface area contributed by atoms with Gasteiger partial charge in [0.15, 0.2) is 5.82 Å². The molecule has 3 heterocycles. The zero-order chi connectivity index (χ0) is 21.8. The van der Waals surface area contributed by atoms with Gasteiger partial charge in [-0.2, -0.15) is 11.8 Å². The number of hydrogen-bond donors (Lipinski definition) is 1. The minimum absolute atomic E-state index is 0.226. The Morgan fingerprint density at radius 3 is 2.77 bits per heavy atom. The number of hydrogen-bond acceptors (Lipinski definition) is 8. The third-order valence-corrected chi connectivity index (χ3v) is 5.73. The number of benzene rings is 1. The molecule has 162 valence electrons. The highest BCUT2D eigenvalue weighted by molar-refractivity contribution is 7.99. The summed E-state index contributed by atoms with van der Waals surface area (Å²) in [7, 11) is 0. The van der Waals surface area contributed by atoms with Crippen molar-refractivity contribution in [3.8, 4) is 0 Å². The van der Waals surface area contributed by atoms with E-state index < -0.39 is 17.6 Å². The molecule has 1 amide bonds. The molecular weight excluding hydrogens is 420 g/mol. The van der Waals surface area contributed by atoms with Crippen LogP contribution >= 0.6 is 11.8 Å². The summed E-state index contributed by atoms with van der Waals surface area (Å²) >= 11 is 1.87. The van der Waals surface area contributed by atoms with Crippen LogP contribution in [0, 0.1) is 0 Å². The molecule has 0 aliphatic carbocycles. The Hall–Kier alpha value is -3.34. The number of esters is 1. The van der Waals surface area contributed by atoms with E-state index in [9.17, 15) is 14.4 Å². The van der Waals surface area contributed by atoms with Crippen molar-refractivity contribution in [2.75, 3.05) is 41.4 Å². The first kappa shape index (κ1) is 20.9. The number of fused-ring (bicyclic) bond motifs is 1. The van der Waals surface area contributed by atoms with E-state index >= 15 is 0 Å². The van der Waals surface area contributed by atoms with Crippen molar-refractivity contribution in [1.29, 1.82) is 0 Å². The van der Waals surface area contributed by atoms with E-state index in [-0.39, 0.29) is 18.7 Å². The van der Waals surface area contributed by atoms with Gasteiger partial charge in [-0.15, -0.1) is 5.10 Å². The molecule has 2 aromatic heterocycles. The van der Waals surface area contributed by atoms with Crippen molar-refractivity contribution in [3.05, 3.63) is 52.7 Å². The van der Waals surface area contributed by atoms with Gasteiger partial charge in [0.05, 0.1) is 17.9 Å². The Morgan fingerprint density at radius 1 is 1.23 bits per heavy atom. The molecule has 1 N–H and O–H groups in total. The van der Waals surface area contributed by atoms with Crippen molar-refractivity contribution in [1.82, 2.24) is 19.2 Å². The maximum Gasteiger partial charge on any atom is 0.350 e. The molecule has 0 bridgehead atoms. The predicted octanol–water partition coefficient (Wildman–Crippen LogP) is 1.26. The lowest BCUT2D eigenvalue weighted by Crippen LogP contribution is -2.33. The molecule has 1 aliphatic heterocycles. The molecule has 0 unspecified atom stereocenters. The summed E-state index contributed by atoms with van der Waals surface area (Å²) in [6.07, 6.45) is 3.10. The van der Waals surface area contributed by atoms with Crippen LogP contribution in [0.1, 0.15) is 17.3 Å². The number of anilines is 2. The fourth-order valence-electron chi connectivity index (χ4n) is 3.34. The van der Waals surface area contributed by atoms with Gasteiger partial charge in [-0.3, -0.25) is 4.79 Å². The van der Waals surface area contributed by atoms with Gasteiger partial charge in [0.2, 0.25) is 11.6 Å². The third-order valence-electron chi connectivity index (χ3n) is 4.78. The summed E-state index contributed by atoms with van der Waals surface area (Å²) in [5.74, 6) is 1.59. The van der Waals surface area contributed by atoms with Crippen LogP contribution in [0.25, 0.3) is 5.65 Å². The normalized spacial score (nSPS) is 13.9. The van der Waals surface area contributed by atoms with Crippen LogP contribution in [0.2, 0.25) is 0 Å². The zero-order valence-electron chi connectivity index (χ0n) is 17.0. The second-order valence-electron chi connectivity index (χ2n) is 6.80. The standard InChI is InChI=1S/C20H22N6O4S/c1-2-30-19(28)14-5-3-4-6-15(14)22-16(27)13-26-20(29)25-8-7-21-17(18(25)23-26)24-9-11-31-12-10-24/h3-8H,2,9-13H2,1H3,(H,22,27). The minimum Gasteiger partial charge on any atom is -0.462 e. The SMILES string of the molecule is CCOC(=O)c1ccccc1NC(=O)Cn1nc2c(N3CCSCC3)nccn2c1=O. The van der Waals surface area contributed by atoms with E-state index in [0.717, 1.165) is 29.3 Å². The fourth-order valence-corrected chi connectivity index (χ4v) is 4.24. The highest BCUT2D eigenvalue weighted by atomic mass is 32.2. The van der Waals surface area contributed by atoms with Gasteiger partial charge >= 0.3 is 11.7 Å². The van der Waals surface area contributed by atoms with Crippen molar-refractivity contribution >= 4 is 40.8 Å². The molecule has 31 heavy (non-hydrogen) atoms. The van der Waals surface area contributed by atoms with Gasteiger partial charge in [-0.25, -0.2) is 23.7 Å². The number of thioether (sulfide) groups is 1. The van der Waals surface area contributed by atoms with E-state index in [0.29, 0.717) is 17.2 Å². The Bertz CT molecular complexity index is 1170. The lowest BCUT2D eigenvalue weighted by atomic mass is 10.2. The Balaban J connectivity index is 1.57. The third kappa shape index (κ3) is 4.41. The lowest BCUT2D eigenvalue weighted by Gasteiger charge is -2.27. The summed E-state index contributed by atoms with van der Waals surface area (Å²) < 4.78 is 7.52. The number of amides is 1. The average molecular weight is 443 g/mol. The van der Waals surface area contributed by atoms with Gasteiger partial charge in [0.1, 0.15) is 6.54 Å². The van der Waals surface area contributed by atoms with Crippen LogP contribution in [0.3, 0.4) is 0 Å². The first-order valence-corrected chi connectivity index (χ1v) is 11.1. The van der Waals surface area contributed by atoms with Gasteiger partial charge in [-0.1, -0.05) is 12.1 Å². The Morgan fingerprint density at radius 2 is 2.00 bits per heavy atom. The van der Waals surface area contributed by atoms with Crippen LogP contribution in [-0.2, 0) is 16.1 Å². The van der Waals surface area contributed by atoms with Crippen molar-refractivity contribution in [3.63, 3.8) is 0 Å². The van der Waals surface area contributed by atoms with Gasteiger partial charge < -0.3 is 15.0 Å². The van der Waals surface area contributed by atoms with Crippen LogP contribution in [0.4, 0.5) is 11.5 Å². The van der Waals surface area contributed by atoms with E-state index in [1.807, 2.05) is 11.8 Å². The molecule has 0 radical (unpaired) electrons. The summed E-state index contributed by atoms with van der Waals surface area (Å²) in [6, 6.07) is 6.55. The molecule has 3 aromatic rings. The van der Waals surface area contributed by atoms with E-state index in [1.54, 1.807) is 37.4 Å². The second kappa shape index (κ2) is 9.21. The highest BCUT2D eigenvalue weighted by Crippen LogP contribution is 2.20. The smallest absolute Gasteiger partial charge is 0.350 e. The number of nitrogens with one attached hydrogen (secondary N) is 1. The number of ether oxygens (including phenoxy) is 1. The van der Waals surface area contributed by atoms with Crippen LogP contribution in [0.15, 0.2) is 41.5 Å². The van der Waals surface area contributed by atoms with Crippen LogP contribution in [-0.4, -0.2) is 62.2 Å². The number of carbonyl (C=O) groups is 2. The number of nitrogens with zero attached hydrogens (tertiary/aromatic N) is 5. The number of para-hydroxylation sites is 1. The van der Waals surface area contributed by atoms with Crippen molar-refractivity contribution in [2.45, 2.75) is 13.5 Å². The van der Waals surface area contributed by atoms with E-state index in [1.165, 1.54) is 10.6 Å². The highest BCUT2D eigenvalue weighted by Gasteiger charge is 2.20. The second-order valence-corrected chi connectivity index (χ2v) is 8.02. The molecule has 1 saturated heterocycles. The molecule has 0 spiro atoms. The van der Waals surface area contributed by atoms with Crippen LogP contribution in [0.5, 0.6) is 0 Å². The quantitative estimate of drug-likeness (QED) is 0.568. The Kier molecular flexibility index (Phi) is 6.21. The number of carbonyl (C=O) groups excluding carboxylic acids is 2. The van der Waals surface area contributed by atoms with E-state index in [4.69, 9.17) is 4.74 Å². The Labute approximate surface area is 182 Å². The molecule has 0 atom stereocenters. The molecular formula is C20H22N6O4S. The lowest BCUT2D eigenvalue weighted by molar-refractivity contribution is -0.117. The van der Waals surface area contributed by atoms with E-state index in [2.05, 4.69) is 20.3 Å². The first-order chi connectivity index (χ1) is 15.1. The molecule has 1 aliphatic rings. The largest absolute Gasteiger partial charge is 0.462 e. The first-order valence-electron chi connectivity index (χ1n) is 9.91. The van der Waals surface area contributed by atoms with Gasteiger partial charge in [0.25, 0.3) is 0 Å². The molecule has 4 rings (SSSR count). The van der Waals surface area contributed by atoms with Gasteiger partial charge in [0, 0.05) is 37.0 Å². The predicted molar refractivity (Wildman–Crippen MR) is 118 cm³/mol. The zero-order valence-corrected chi connectivity index (χ0v) is 17.8. The monoisotopic (exact) mass is 442 g/mol. The molecule has 11 heteroatoms. The number of rotatable bonds is 6. The average Bonchev–Trinajstić information content (AvgIpc) is 3.10. The molecule has 1 fully saturated rings. The maximum absolute atomic E-state index is 12.8. The summed E-state index contributed by atoms with van der Waals surface area (Å²) in [6.45, 7) is 3.28. The molecule has 10 nitrogen and oxygen atoms in total. The van der Waals surface area contributed by atoms with Crippen molar-refractivity contribution in [2.24, 2.45) is 0 Å². The molecule has 1 aromatic carbocycles. The topological polar surface area (TPSA) is 111 Å². The maximum atomic E-state index is 12.8. The summed E-state index contributed by atoms with van der Waals surface area (Å²) in [5, 5.41) is 7.03. The van der Waals surface area contributed by atoms with Crippen LogP contribution < -0.4 is 15.9 Å². The van der Waals surface area contributed by atoms with Crippen molar-refractivity contribution < 1.29 is 14.3 Å².